The predicted octanol–water partition coefficient (Wildman–Crippen LogP) is 5.23. The highest BCUT2D eigenvalue weighted by Crippen LogP contribution is 2.32. The van der Waals surface area contributed by atoms with E-state index in [1.54, 1.807) is 4.90 Å². The third-order valence-corrected chi connectivity index (χ3v) is 6.15. The lowest BCUT2D eigenvalue weighted by atomic mass is 9.96. The van der Waals surface area contributed by atoms with Crippen molar-refractivity contribution in [3.63, 3.8) is 0 Å². The van der Waals surface area contributed by atoms with Gasteiger partial charge in [-0.15, -0.1) is 0 Å². The molecule has 1 aromatic heterocycles. The highest BCUT2D eigenvalue weighted by Gasteiger charge is 2.32. The molecular formula is C25H23ClF3N3O. The fourth-order valence-electron chi connectivity index (χ4n) is 4.12. The molecule has 1 amide bonds. The van der Waals surface area contributed by atoms with Gasteiger partial charge in [0.25, 0.3) is 0 Å². The Balaban J connectivity index is 1.43. The Kier molecular flexibility index (Phi) is 7.00. The molecule has 1 aliphatic rings. The van der Waals surface area contributed by atoms with Gasteiger partial charge in [-0.25, -0.2) is 0 Å². The van der Waals surface area contributed by atoms with E-state index < -0.39 is 11.7 Å². The van der Waals surface area contributed by atoms with E-state index in [0.717, 1.165) is 12.3 Å². The number of carbonyl (C=O) groups excluding carboxylic acids is 1. The van der Waals surface area contributed by atoms with Crippen LogP contribution in [0.1, 0.15) is 28.4 Å². The van der Waals surface area contributed by atoms with Crippen molar-refractivity contribution in [1.29, 1.82) is 0 Å². The summed E-state index contributed by atoms with van der Waals surface area (Å²) >= 11 is 5.98. The molecule has 3 aromatic rings. The van der Waals surface area contributed by atoms with Crippen LogP contribution in [0.4, 0.5) is 13.2 Å². The standard InChI is InChI=1S/C25H23ClF3N3O/c26-21-15-20(25(27,28)29)17-30-22(21)16-23(33)31-11-13-32(14-12-31)24(18-7-3-1-4-8-18)19-9-5-2-6-10-19/h1-10,15,17,24H,11-14,16H2. The minimum absolute atomic E-state index is 0.0793. The molecule has 0 saturated carbocycles. The maximum Gasteiger partial charge on any atom is 0.417 e. The third-order valence-electron chi connectivity index (χ3n) is 5.83. The number of amides is 1. The van der Waals surface area contributed by atoms with Crippen molar-refractivity contribution < 1.29 is 18.0 Å². The van der Waals surface area contributed by atoms with Crippen molar-refractivity contribution >= 4 is 17.5 Å². The fraction of sp³-hybridized carbons (Fsp3) is 0.280. The van der Waals surface area contributed by atoms with Gasteiger partial charge in [-0.05, 0) is 17.2 Å². The van der Waals surface area contributed by atoms with Crippen LogP contribution in [0.3, 0.4) is 0 Å². The fourth-order valence-corrected chi connectivity index (χ4v) is 4.35. The van der Waals surface area contributed by atoms with Crippen molar-refractivity contribution in [2.45, 2.75) is 18.6 Å². The molecule has 2 heterocycles. The Bertz CT molecular complexity index is 1050. The lowest BCUT2D eigenvalue weighted by Gasteiger charge is -2.39. The molecule has 4 rings (SSSR count). The van der Waals surface area contributed by atoms with Crippen molar-refractivity contribution in [2.75, 3.05) is 26.2 Å². The zero-order valence-corrected chi connectivity index (χ0v) is 18.6. The normalized spacial score (nSPS) is 15.1. The summed E-state index contributed by atoms with van der Waals surface area (Å²) in [5, 5.41) is -0.148. The third kappa shape index (κ3) is 5.54. The van der Waals surface area contributed by atoms with Crippen LogP contribution in [0.25, 0.3) is 0 Å². The number of nitrogens with zero attached hydrogens (tertiary/aromatic N) is 3. The zero-order chi connectivity index (χ0) is 23.4. The molecule has 4 nitrogen and oxygen atoms in total. The maximum absolute atomic E-state index is 12.8. The molecule has 0 atom stereocenters. The topological polar surface area (TPSA) is 36.4 Å². The van der Waals surface area contributed by atoms with Crippen LogP contribution in [0.15, 0.2) is 72.9 Å². The number of carbonyl (C=O) groups is 1. The smallest absolute Gasteiger partial charge is 0.340 e. The second-order valence-electron chi connectivity index (χ2n) is 7.97. The Labute approximate surface area is 195 Å². The van der Waals surface area contributed by atoms with Gasteiger partial charge in [-0.2, -0.15) is 13.2 Å². The number of hydrogen-bond donors (Lipinski definition) is 0. The summed E-state index contributed by atoms with van der Waals surface area (Å²) < 4.78 is 38.5. The summed E-state index contributed by atoms with van der Waals surface area (Å²) in [5.74, 6) is -0.195. The first-order valence-electron chi connectivity index (χ1n) is 10.7. The average Bonchev–Trinajstić information content (AvgIpc) is 2.82. The van der Waals surface area contributed by atoms with Gasteiger partial charge in [-0.3, -0.25) is 14.7 Å². The van der Waals surface area contributed by atoms with E-state index in [4.69, 9.17) is 11.6 Å². The SMILES string of the molecule is O=C(Cc1ncc(C(F)(F)F)cc1Cl)N1CCN(C(c2ccccc2)c2ccccc2)CC1. The van der Waals surface area contributed by atoms with Crippen LogP contribution < -0.4 is 0 Å². The molecule has 0 aliphatic carbocycles. The Morgan fingerprint density at radius 2 is 1.48 bits per heavy atom. The van der Waals surface area contributed by atoms with Crippen LogP contribution in [-0.2, 0) is 17.4 Å². The predicted molar refractivity (Wildman–Crippen MR) is 121 cm³/mol. The van der Waals surface area contributed by atoms with Gasteiger partial charge in [0.2, 0.25) is 5.91 Å². The van der Waals surface area contributed by atoms with Crippen molar-refractivity contribution in [2.24, 2.45) is 0 Å². The first-order valence-corrected chi connectivity index (χ1v) is 11.0. The van der Waals surface area contributed by atoms with Crippen LogP contribution in [0.2, 0.25) is 5.02 Å². The number of pyridine rings is 1. The molecule has 1 aliphatic heterocycles. The van der Waals surface area contributed by atoms with E-state index in [-0.39, 0.29) is 29.1 Å². The number of aromatic nitrogens is 1. The quantitative estimate of drug-likeness (QED) is 0.509. The van der Waals surface area contributed by atoms with Crippen molar-refractivity contribution in [3.8, 4) is 0 Å². The van der Waals surface area contributed by atoms with Gasteiger partial charge < -0.3 is 4.90 Å². The van der Waals surface area contributed by atoms with Crippen molar-refractivity contribution in [1.82, 2.24) is 14.8 Å². The summed E-state index contributed by atoms with van der Waals surface area (Å²) in [7, 11) is 0. The lowest BCUT2D eigenvalue weighted by molar-refractivity contribution is -0.137. The molecular weight excluding hydrogens is 451 g/mol. The number of piperazine rings is 1. The molecule has 0 spiro atoms. The summed E-state index contributed by atoms with van der Waals surface area (Å²) in [6, 6.07) is 21.4. The number of alkyl halides is 3. The first-order chi connectivity index (χ1) is 15.8. The Morgan fingerprint density at radius 3 is 1.97 bits per heavy atom. The molecule has 0 bridgehead atoms. The van der Waals surface area contributed by atoms with Crippen LogP contribution in [0.5, 0.6) is 0 Å². The first kappa shape index (κ1) is 23.3. The summed E-state index contributed by atoms with van der Waals surface area (Å²) in [4.78, 5) is 20.7. The molecule has 1 saturated heterocycles. The molecule has 172 valence electrons. The summed E-state index contributed by atoms with van der Waals surface area (Å²) in [5.41, 5.74) is 1.60. The van der Waals surface area contributed by atoms with Crippen LogP contribution >= 0.6 is 11.6 Å². The second-order valence-corrected chi connectivity index (χ2v) is 8.37. The Hall–Kier alpha value is -2.90. The van der Waals surface area contributed by atoms with Crippen LogP contribution in [0, 0.1) is 0 Å². The Morgan fingerprint density at radius 1 is 0.939 bits per heavy atom. The zero-order valence-electron chi connectivity index (χ0n) is 17.8. The molecule has 1 fully saturated rings. The molecule has 0 N–H and O–H groups in total. The van der Waals surface area contributed by atoms with Gasteiger partial charge >= 0.3 is 6.18 Å². The highest BCUT2D eigenvalue weighted by atomic mass is 35.5. The number of hydrogen-bond acceptors (Lipinski definition) is 3. The minimum Gasteiger partial charge on any atom is -0.340 e. The molecule has 0 unspecified atom stereocenters. The minimum atomic E-state index is -4.52. The lowest BCUT2D eigenvalue weighted by Crippen LogP contribution is -2.50. The van der Waals surface area contributed by atoms with Crippen molar-refractivity contribution in [3.05, 3.63) is 100 Å². The second kappa shape index (κ2) is 9.93. The van der Waals surface area contributed by atoms with E-state index in [2.05, 4.69) is 34.1 Å². The van der Waals surface area contributed by atoms with E-state index >= 15 is 0 Å². The number of rotatable bonds is 5. The van der Waals surface area contributed by atoms with E-state index in [0.29, 0.717) is 26.2 Å². The maximum atomic E-state index is 12.8. The number of benzene rings is 2. The van der Waals surface area contributed by atoms with Gasteiger partial charge in [0.15, 0.2) is 0 Å². The molecule has 2 aromatic carbocycles. The van der Waals surface area contributed by atoms with E-state index in [1.165, 1.54) is 11.1 Å². The summed E-state index contributed by atoms with van der Waals surface area (Å²) in [6.45, 7) is 2.39. The van der Waals surface area contributed by atoms with Gasteiger partial charge in [-0.1, -0.05) is 72.3 Å². The molecule has 8 heteroatoms. The van der Waals surface area contributed by atoms with E-state index in [9.17, 15) is 18.0 Å². The largest absolute Gasteiger partial charge is 0.417 e. The average molecular weight is 474 g/mol. The molecule has 33 heavy (non-hydrogen) atoms. The molecule has 0 radical (unpaired) electrons. The number of halogens is 4. The van der Waals surface area contributed by atoms with E-state index in [1.807, 2.05) is 36.4 Å². The van der Waals surface area contributed by atoms with Gasteiger partial charge in [0, 0.05) is 32.4 Å². The monoisotopic (exact) mass is 473 g/mol. The summed E-state index contributed by atoms with van der Waals surface area (Å²) in [6.07, 6.45) is -3.93. The highest BCUT2D eigenvalue weighted by molar-refractivity contribution is 6.31. The van der Waals surface area contributed by atoms with Gasteiger partial charge in [0.1, 0.15) is 0 Å². The van der Waals surface area contributed by atoms with Crippen LogP contribution in [-0.4, -0.2) is 46.9 Å². The van der Waals surface area contributed by atoms with Gasteiger partial charge in [0.05, 0.1) is 28.7 Å².